The number of pyridine rings is 1. The zero-order valence-electron chi connectivity index (χ0n) is 15.8. The lowest BCUT2D eigenvalue weighted by Gasteiger charge is -2.07. The van der Waals surface area contributed by atoms with E-state index in [2.05, 4.69) is 29.2 Å². The van der Waals surface area contributed by atoms with Crippen molar-refractivity contribution in [3.05, 3.63) is 60.0 Å². The molecule has 0 aliphatic heterocycles. The van der Waals surface area contributed by atoms with E-state index in [1.54, 1.807) is 26.0 Å². The van der Waals surface area contributed by atoms with Crippen LogP contribution < -0.4 is 9.47 Å². The van der Waals surface area contributed by atoms with Crippen LogP contribution in [0.3, 0.4) is 0 Å². The van der Waals surface area contributed by atoms with E-state index in [4.69, 9.17) is 19.0 Å². The van der Waals surface area contributed by atoms with Gasteiger partial charge in [-0.15, -0.1) is 0 Å². The molecule has 0 saturated carbocycles. The van der Waals surface area contributed by atoms with E-state index >= 15 is 0 Å². The summed E-state index contributed by atoms with van der Waals surface area (Å²) < 4.78 is 16.0. The molecule has 0 N–H and O–H groups in total. The normalized spacial score (nSPS) is 11.0. The largest absolute Gasteiger partial charge is 0.493 e. The van der Waals surface area contributed by atoms with E-state index in [0.29, 0.717) is 29.0 Å². The number of thioether (sulfide) groups is 1. The summed E-state index contributed by atoms with van der Waals surface area (Å²) in [5, 5.41) is 6.18. The zero-order valence-corrected chi connectivity index (χ0v) is 16.6. The van der Waals surface area contributed by atoms with Crippen LogP contribution in [0.4, 0.5) is 0 Å². The fourth-order valence-electron chi connectivity index (χ4n) is 2.93. The van der Waals surface area contributed by atoms with Gasteiger partial charge in [0.25, 0.3) is 0 Å². The summed E-state index contributed by atoms with van der Waals surface area (Å²) in [4.78, 5) is 9.19. The Hall–Kier alpha value is -3.06. The number of hydrogen-bond donors (Lipinski definition) is 0. The Morgan fingerprint density at radius 3 is 2.61 bits per heavy atom. The second-order valence-electron chi connectivity index (χ2n) is 6.16. The fourth-order valence-corrected chi connectivity index (χ4v) is 3.75. The van der Waals surface area contributed by atoms with Crippen LogP contribution in [0.15, 0.2) is 58.1 Å². The highest BCUT2D eigenvalue weighted by Gasteiger charge is 2.13. The summed E-state index contributed by atoms with van der Waals surface area (Å²) in [6.07, 6.45) is 0. The van der Waals surface area contributed by atoms with E-state index < -0.39 is 0 Å². The number of para-hydroxylation sites is 1. The molecule has 6 nitrogen and oxygen atoms in total. The SMILES string of the molecule is COc1ccc(-c2noc(CSc3cc(C)c4ccccc4n3)n2)cc1OC. The lowest BCUT2D eigenvalue weighted by molar-refractivity contribution is 0.355. The van der Waals surface area contributed by atoms with Crippen molar-refractivity contribution < 1.29 is 14.0 Å². The van der Waals surface area contributed by atoms with Crippen molar-refractivity contribution in [2.45, 2.75) is 17.7 Å². The van der Waals surface area contributed by atoms with Crippen molar-refractivity contribution in [1.29, 1.82) is 0 Å². The number of benzene rings is 2. The maximum atomic E-state index is 5.41. The highest BCUT2D eigenvalue weighted by atomic mass is 32.2. The fraction of sp³-hybridized carbons (Fsp3) is 0.190. The lowest BCUT2D eigenvalue weighted by Crippen LogP contribution is -1.91. The molecule has 2 aromatic carbocycles. The summed E-state index contributed by atoms with van der Waals surface area (Å²) in [6.45, 7) is 2.09. The molecule has 0 aliphatic carbocycles. The molecule has 2 heterocycles. The molecule has 2 aromatic heterocycles. The van der Waals surface area contributed by atoms with Crippen molar-refractivity contribution in [3.8, 4) is 22.9 Å². The van der Waals surface area contributed by atoms with Gasteiger partial charge in [-0.3, -0.25) is 0 Å². The molecule has 28 heavy (non-hydrogen) atoms. The van der Waals surface area contributed by atoms with E-state index in [9.17, 15) is 0 Å². The van der Waals surface area contributed by atoms with Crippen LogP contribution in [0.1, 0.15) is 11.5 Å². The van der Waals surface area contributed by atoms with Crippen LogP contribution in [0.5, 0.6) is 11.5 Å². The van der Waals surface area contributed by atoms with Gasteiger partial charge in [0.2, 0.25) is 11.7 Å². The lowest BCUT2D eigenvalue weighted by atomic mass is 10.1. The van der Waals surface area contributed by atoms with Gasteiger partial charge in [-0.25, -0.2) is 4.98 Å². The summed E-state index contributed by atoms with van der Waals surface area (Å²) in [7, 11) is 3.20. The highest BCUT2D eigenvalue weighted by Crippen LogP contribution is 2.32. The summed E-state index contributed by atoms with van der Waals surface area (Å²) in [6, 6.07) is 15.7. The maximum absolute atomic E-state index is 5.41. The topological polar surface area (TPSA) is 70.3 Å². The Kier molecular flexibility index (Phi) is 5.16. The third-order valence-corrected chi connectivity index (χ3v) is 5.25. The van der Waals surface area contributed by atoms with E-state index in [-0.39, 0.29) is 0 Å². The minimum Gasteiger partial charge on any atom is -0.493 e. The van der Waals surface area contributed by atoms with Crippen LogP contribution in [0, 0.1) is 6.92 Å². The van der Waals surface area contributed by atoms with Gasteiger partial charge in [-0.05, 0) is 42.8 Å². The standard InChI is InChI=1S/C21H19N3O3S/c1-13-10-20(22-16-7-5-4-6-15(13)16)28-12-19-23-21(24-27-19)14-8-9-17(25-2)18(11-14)26-3/h4-11H,12H2,1-3H3. The quantitative estimate of drug-likeness (QED) is 0.431. The molecule has 7 heteroatoms. The number of nitrogens with zero attached hydrogens (tertiary/aromatic N) is 3. The van der Waals surface area contributed by atoms with Crippen molar-refractivity contribution in [2.75, 3.05) is 14.2 Å². The first-order valence-corrected chi connectivity index (χ1v) is 9.70. The monoisotopic (exact) mass is 393 g/mol. The van der Waals surface area contributed by atoms with Crippen molar-refractivity contribution in [3.63, 3.8) is 0 Å². The molecular formula is C21H19N3O3S. The molecule has 0 saturated heterocycles. The van der Waals surface area contributed by atoms with Gasteiger partial charge in [0, 0.05) is 10.9 Å². The van der Waals surface area contributed by atoms with Gasteiger partial charge in [0.05, 0.1) is 30.5 Å². The van der Waals surface area contributed by atoms with Crippen molar-refractivity contribution in [1.82, 2.24) is 15.1 Å². The summed E-state index contributed by atoms with van der Waals surface area (Å²) in [5.74, 6) is 2.88. The molecule has 0 unspecified atom stereocenters. The van der Waals surface area contributed by atoms with E-state index in [1.807, 2.05) is 36.4 Å². The third kappa shape index (κ3) is 3.66. The number of aryl methyl sites for hydroxylation is 1. The zero-order chi connectivity index (χ0) is 19.5. The Balaban J connectivity index is 1.51. The summed E-state index contributed by atoms with van der Waals surface area (Å²) >= 11 is 1.57. The minimum atomic E-state index is 0.513. The smallest absolute Gasteiger partial charge is 0.237 e. The molecule has 142 valence electrons. The Morgan fingerprint density at radius 2 is 1.79 bits per heavy atom. The van der Waals surface area contributed by atoms with Crippen molar-refractivity contribution >= 4 is 22.7 Å². The van der Waals surface area contributed by atoms with Crippen LogP contribution in [-0.2, 0) is 5.75 Å². The van der Waals surface area contributed by atoms with Crippen LogP contribution >= 0.6 is 11.8 Å². The van der Waals surface area contributed by atoms with E-state index in [0.717, 1.165) is 16.1 Å². The molecule has 0 amide bonds. The van der Waals surface area contributed by atoms with Gasteiger partial charge < -0.3 is 14.0 Å². The average Bonchev–Trinajstić information content (AvgIpc) is 3.21. The van der Waals surface area contributed by atoms with Gasteiger partial charge in [-0.2, -0.15) is 4.98 Å². The molecule has 0 radical (unpaired) electrons. The van der Waals surface area contributed by atoms with Gasteiger partial charge in [0.15, 0.2) is 11.5 Å². The molecule has 0 atom stereocenters. The second-order valence-corrected chi connectivity index (χ2v) is 7.16. The number of hydrogen-bond acceptors (Lipinski definition) is 7. The molecule has 0 fully saturated rings. The highest BCUT2D eigenvalue weighted by molar-refractivity contribution is 7.98. The van der Waals surface area contributed by atoms with E-state index in [1.165, 1.54) is 10.9 Å². The van der Waals surface area contributed by atoms with Crippen LogP contribution in [-0.4, -0.2) is 29.3 Å². The van der Waals surface area contributed by atoms with Gasteiger partial charge in [0.1, 0.15) is 0 Å². The molecule has 0 spiro atoms. The Morgan fingerprint density at radius 1 is 0.964 bits per heavy atom. The average molecular weight is 393 g/mol. The van der Waals surface area contributed by atoms with Gasteiger partial charge in [-0.1, -0.05) is 35.1 Å². The number of fused-ring (bicyclic) bond motifs is 1. The first kappa shape index (κ1) is 18.3. The van der Waals surface area contributed by atoms with Crippen LogP contribution in [0.25, 0.3) is 22.3 Å². The number of aromatic nitrogens is 3. The predicted molar refractivity (Wildman–Crippen MR) is 109 cm³/mol. The first-order chi connectivity index (χ1) is 13.7. The second kappa shape index (κ2) is 7.90. The molecule has 0 bridgehead atoms. The molecule has 4 rings (SSSR count). The molecule has 0 aliphatic rings. The number of methoxy groups -OCH3 is 2. The maximum Gasteiger partial charge on any atom is 0.237 e. The Labute approximate surface area is 166 Å². The predicted octanol–water partition coefficient (Wildman–Crippen LogP) is 4.90. The summed E-state index contributed by atoms with van der Waals surface area (Å²) in [5.41, 5.74) is 2.99. The third-order valence-electron chi connectivity index (χ3n) is 4.35. The number of rotatable bonds is 6. The molecule has 4 aromatic rings. The van der Waals surface area contributed by atoms with Crippen LogP contribution in [0.2, 0.25) is 0 Å². The minimum absolute atomic E-state index is 0.513. The first-order valence-electron chi connectivity index (χ1n) is 8.72. The number of ether oxygens (including phenoxy) is 2. The van der Waals surface area contributed by atoms with Gasteiger partial charge >= 0.3 is 0 Å². The van der Waals surface area contributed by atoms with Crippen molar-refractivity contribution in [2.24, 2.45) is 0 Å². The molecular weight excluding hydrogens is 374 g/mol. The Bertz CT molecular complexity index is 1130.